The van der Waals surface area contributed by atoms with E-state index in [1.165, 1.54) is 11.3 Å². The Morgan fingerprint density at radius 2 is 1.96 bits per heavy atom. The van der Waals surface area contributed by atoms with Gasteiger partial charge in [-0.1, -0.05) is 18.2 Å². The number of aromatic nitrogens is 3. The van der Waals surface area contributed by atoms with Crippen LogP contribution in [-0.2, 0) is 7.05 Å². The van der Waals surface area contributed by atoms with Crippen LogP contribution in [0.15, 0.2) is 60.2 Å². The SMILES string of the molecule is Cn1c(C(=O)Nc2nc(-c3ccncc3)cs2)cc2ccccc21. The average molecular weight is 334 g/mol. The second kappa shape index (κ2) is 5.90. The number of rotatable bonds is 3. The summed E-state index contributed by atoms with van der Waals surface area (Å²) in [5.41, 5.74) is 3.44. The van der Waals surface area contributed by atoms with E-state index in [0.717, 1.165) is 22.2 Å². The Labute approximate surface area is 142 Å². The molecule has 0 aliphatic heterocycles. The lowest BCUT2D eigenvalue weighted by molar-refractivity contribution is 0.102. The van der Waals surface area contributed by atoms with Crippen molar-refractivity contribution in [3.8, 4) is 11.3 Å². The first-order chi connectivity index (χ1) is 11.7. The van der Waals surface area contributed by atoms with Crippen LogP contribution >= 0.6 is 11.3 Å². The molecule has 1 N–H and O–H groups in total. The van der Waals surface area contributed by atoms with Gasteiger partial charge in [0.25, 0.3) is 5.91 Å². The highest BCUT2D eigenvalue weighted by Crippen LogP contribution is 2.25. The third-order valence-electron chi connectivity index (χ3n) is 3.89. The van der Waals surface area contributed by atoms with Crippen LogP contribution in [0.5, 0.6) is 0 Å². The summed E-state index contributed by atoms with van der Waals surface area (Å²) >= 11 is 1.41. The molecule has 0 unspecified atom stereocenters. The maximum atomic E-state index is 12.6. The molecule has 1 amide bonds. The normalized spacial score (nSPS) is 10.9. The molecule has 24 heavy (non-hydrogen) atoms. The predicted octanol–water partition coefficient (Wildman–Crippen LogP) is 3.95. The van der Waals surface area contributed by atoms with Gasteiger partial charge in [0.15, 0.2) is 5.13 Å². The summed E-state index contributed by atoms with van der Waals surface area (Å²) in [7, 11) is 1.89. The van der Waals surface area contributed by atoms with Crippen LogP contribution in [0.1, 0.15) is 10.5 Å². The molecular weight excluding hydrogens is 320 g/mol. The van der Waals surface area contributed by atoms with Crippen molar-refractivity contribution in [1.29, 1.82) is 0 Å². The van der Waals surface area contributed by atoms with E-state index in [2.05, 4.69) is 15.3 Å². The molecule has 118 valence electrons. The van der Waals surface area contributed by atoms with Gasteiger partial charge in [0.05, 0.1) is 5.69 Å². The molecule has 0 aliphatic carbocycles. The van der Waals surface area contributed by atoms with E-state index < -0.39 is 0 Å². The van der Waals surface area contributed by atoms with E-state index in [1.54, 1.807) is 12.4 Å². The molecule has 0 atom stereocenters. The van der Waals surface area contributed by atoms with Crippen molar-refractivity contribution in [2.24, 2.45) is 7.05 Å². The number of aryl methyl sites for hydroxylation is 1. The van der Waals surface area contributed by atoms with Gasteiger partial charge in [0, 0.05) is 41.3 Å². The lowest BCUT2D eigenvalue weighted by Crippen LogP contribution is -2.15. The van der Waals surface area contributed by atoms with Gasteiger partial charge in [0.1, 0.15) is 5.69 Å². The minimum absolute atomic E-state index is 0.163. The van der Waals surface area contributed by atoms with E-state index in [4.69, 9.17) is 0 Å². The molecule has 0 aliphatic rings. The van der Waals surface area contributed by atoms with Gasteiger partial charge in [-0.05, 0) is 24.3 Å². The molecule has 0 fully saturated rings. The fourth-order valence-electron chi connectivity index (χ4n) is 2.65. The predicted molar refractivity (Wildman–Crippen MR) is 96.2 cm³/mol. The highest BCUT2D eigenvalue weighted by atomic mass is 32.1. The van der Waals surface area contributed by atoms with E-state index >= 15 is 0 Å². The van der Waals surface area contributed by atoms with Crippen molar-refractivity contribution in [1.82, 2.24) is 14.5 Å². The summed E-state index contributed by atoms with van der Waals surface area (Å²) < 4.78 is 1.89. The van der Waals surface area contributed by atoms with E-state index in [1.807, 2.05) is 59.5 Å². The Kier molecular flexibility index (Phi) is 3.59. The van der Waals surface area contributed by atoms with Crippen LogP contribution in [-0.4, -0.2) is 20.4 Å². The summed E-state index contributed by atoms with van der Waals surface area (Å²) in [5.74, 6) is -0.163. The number of carbonyl (C=O) groups excluding carboxylic acids is 1. The molecule has 0 saturated carbocycles. The van der Waals surface area contributed by atoms with Gasteiger partial charge in [-0.2, -0.15) is 0 Å². The first kappa shape index (κ1) is 14.6. The van der Waals surface area contributed by atoms with E-state index in [9.17, 15) is 4.79 Å². The van der Waals surface area contributed by atoms with Gasteiger partial charge >= 0.3 is 0 Å². The lowest BCUT2D eigenvalue weighted by atomic mass is 10.2. The highest BCUT2D eigenvalue weighted by Gasteiger charge is 2.15. The number of nitrogens with one attached hydrogen (secondary N) is 1. The molecule has 4 rings (SSSR count). The molecule has 3 heterocycles. The topological polar surface area (TPSA) is 59.8 Å². The standard InChI is InChI=1S/C18H14N4OS/c1-22-15-5-3-2-4-13(15)10-16(22)17(23)21-18-20-14(11-24-18)12-6-8-19-9-7-12/h2-11H,1H3,(H,20,21,23). The molecule has 0 bridgehead atoms. The summed E-state index contributed by atoms with van der Waals surface area (Å²) in [5, 5.41) is 6.43. The Balaban J connectivity index is 1.60. The maximum Gasteiger partial charge on any atom is 0.274 e. The number of hydrogen-bond acceptors (Lipinski definition) is 4. The highest BCUT2D eigenvalue weighted by molar-refractivity contribution is 7.14. The zero-order valence-electron chi connectivity index (χ0n) is 12.9. The van der Waals surface area contributed by atoms with Gasteiger partial charge in [-0.15, -0.1) is 11.3 Å². The van der Waals surface area contributed by atoms with Gasteiger partial charge in [-0.25, -0.2) is 4.98 Å². The second-order valence-electron chi connectivity index (χ2n) is 5.38. The number of thiazole rings is 1. The number of carbonyl (C=O) groups is 1. The minimum atomic E-state index is -0.163. The number of fused-ring (bicyclic) bond motifs is 1. The molecule has 3 aromatic heterocycles. The largest absolute Gasteiger partial charge is 0.340 e. The summed E-state index contributed by atoms with van der Waals surface area (Å²) in [6, 6.07) is 13.6. The van der Waals surface area contributed by atoms with Crippen molar-refractivity contribution in [2.75, 3.05) is 5.32 Å². The van der Waals surface area contributed by atoms with Crippen LogP contribution in [0.25, 0.3) is 22.2 Å². The third-order valence-corrected chi connectivity index (χ3v) is 4.64. The zero-order chi connectivity index (χ0) is 16.5. The molecule has 6 heteroatoms. The fourth-order valence-corrected chi connectivity index (χ4v) is 3.37. The molecule has 0 saturated heterocycles. The van der Waals surface area contributed by atoms with Gasteiger partial charge < -0.3 is 4.57 Å². The van der Waals surface area contributed by atoms with Crippen molar-refractivity contribution in [3.05, 3.63) is 65.9 Å². The quantitative estimate of drug-likeness (QED) is 0.617. The van der Waals surface area contributed by atoms with E-state index in [0.29, 0.717) is 10.8 Å². The van der Waals surface area contributed by atoms with Crippen LogP contribution in [0.2, 0.25) is 0 Å². The molecule has 0 radical (unpaired) electrons. The van der Waals surface area contributed by atoms with Crippen LogP contribution in [0, 0.1) is 0 Å². The summed E-state index contributed by atoms with van der Waals surface area (Å²) in [6.07, 6.45) is 3.45. The molecule has 5 nitrogen and oxygen atoms in total. The summed E-state index contributed by atoms with van der Waals surface area (Å²) in [6.45, 7) is 0. The number of para-hydroxylation sites is 1. The van der Waals surface area contributed by atoms with Gasteiger partial charge in [-0.3, -0.25) is 15.1 Å². The first-order valence-electron chi connectivity index (χ1n) is 7.44. The average Bonchev–Trinajstić information content (AvgIpc) is 3.21. The maximum absolute atomic E-state index is 12.6. The number of anilines is 1. The minimum Gasteiger partial charge on any atom is -0.340 e. The van der Waals surface area contributed by atoms with Gasteiger partial charge in [0.2, 0.25) is 0 Å². The summed E-state index contributed by atoms with van der Waals surface area (Å²) in [4.78, 5) is 21.1. The second-order valence-corrected chi connectivity index (χ2v) is 6.23. The monoisotopic (exact) mass is 334 g/mol. The number of benzene rings is 1. The van der Waals surface area contributed by atoms with Crippen molar-refractivity contribution >= 4 is 33.3 Å². The van der Waals surface area contributed by atoms with Crippen LogP contribution < -0.4 is 5.32 Å². The van der Waals surface area contributed by atoms with E-state index in [-0.39, 0.29) is 5.91 Å². The zero-order valence-corrected chi connectivity index (χ0v) is 13.7. The van der Waals surface area contributed by atoms with Crippen molar-refractivity contribution in [3.63, 3.8) is 0 Å². The Morgan fingerprint density at radius 1 is 1.17 bits per heavy atom. The number of amides is 1. The third kappa shape index (κ3) is 2.57. The fraction of sp³-hybridized carbons (Fsp3) is 0.0556. The number of nitrogens with zero attached hydrogens (tertiary/aromatic N) is 3. The number of pyridine rings is 1. The Hall–Kier alpha value is -2.99. The van der Waals surface area contributed by atoms with Crippen LogP contribution in [0.3, 0.4) is 0 Å². The molecular formula is C18H14N4OS. The van der Waals surface area contributed by atoms with Crippen LogP contribution in [0.4, 0.5) is 5.13 Å². The lowest BCUT2D eigenvalue weighted by Gasteiger charge is -2.03. The Morgan fingerprint density at radius 3 is 2.75 bits per heavy atom. The molecule has 1 aromatic carbocycles. The van der Waals surface area contributed by atoms with Crippen molar-refractivity contribution < 1.29 is 4.79 Å². The molecule has 0 spiro atoms. The number of hydrogen-bond donors (Lipinski definition) is 1. The Bertz CT molecular complexity index is 1020. The molecule has 4 aromatic rings. The van der Waals surface area contributed by atoms with Crippen molar-refractivity contribution in [2.45, 2.75) is 0 Å². The smallest absolute Gasteiger partial charge is 0.274 e. The first-order valence-corrected chi connectivity index (χ1v) is 8.32.